The Labute approximate surface area is 83.0 Å². The first-order valence-electron chi connectivity index (χ1n) is 4.92. The first kappa shape index (κ1) is 9.40. The Balaban J connectivity index is 2.12. The van der Waals surface area contributed by atoms with Gasteiger partial charge in [-0.1, -0.05) is 11.7 Å². The highest BCUT2D eigenvalue weighted by Gasteiger charge is 2.35. The van der Waals surface area contributed by atoms with Crippen molar-refractivity contribution in [2.24, 2.45) is 5.92 Å². The van der Waals surface area contributed by atoms with Gasteiger partial charge in [-0.25, -0.2) is 0 Å². The number of aromatic nitrogens is 2. The summed E-state index contributed by atoms with van der Waals surface area (Å²) in [4.78, 5) is 4.19. The molecule has 14 heavy (non-hydrogen) atoms. The summed E-state index contributed by atoms with van der Waals surface area (Å²) in [5, 5.41) is 3.88. The van der Waals surface area contributed by atoms with Crippen molar-refractivity contribution in [3.05, 3.63) is 18.3 Å². The first-order chi connectivity index (χ1) is 6.85. The molecule has 1 fully saturated rings. The van der Waals surface area contributed by atoms with Crippen molar-refractivity contribution in [2.45, 2.75) is 25.9 Å². The van der Waals surface area contributed by atoms with Gasteiger partial charge in [0.2, 0.25) is 11.7 Å². The molecule has 1 aromatic heterocycles. The number of ether oxygens (including phenoxy) is 1. The van der Waals surface area contributed by atoms with Crippen LogP contribution in [0.1, 0.15) is 37.6 Å². The van der Waals surface area contributed by atoms with Gasteiger partial charge in [0.05, 0.1) is 0 Å². The van der Waals surface area contributed by atoms with Crippen LogP contribution in [0.3, 0.4) is 0 Å². The predicted molar refractivity (Wildman–Crippen MR) is 51.5 cm³/mol. The summed E-state index contributed by atoms with van der Waals surface area (Å²) in [6, 6.07) is 0. The molecular formula is C10H14N2O2. The molecule has 0 bridgehead atoms. The number of nitrogens with zero attached hydrogens (tertiary/aromatic N) is 2. The molecule has 0 saturated heterocycles. The van der Waals surface area contributed by atoms with E-state index in [2.05, 4.69) is 16.7 Å². The second-order valence-corrected chi connectivity index (χ2v) is 3.41. The largest absolute Gasteiger partial charge is 0.370 e. The van der Waals surface area contributed by atoms with Crippen LogP contribution in [0.15, 0.2) is 11.1 Å². The molecule has 1 aromatic rings. The van der Waals surface area contributed by atoms with Crippen LogP contribution in [0.5, 0.6) is 0 Å². The fraction of sp³-hybridized carbons (Fsp3) is 0.600. The van der Waals surface area contributed by atoms with Crippen LogP contribution in [0.25, 0.3) is 6.08 Å². The van der Waals surface area contributed by atoms with Crippen LogP contribution in [0.4, 0.5) is 0 Å². The molecule has 2 rings (SSSR count). The second-order valence-electron chi connectivity index (χ2n) is 3.41. The molecule has 4 heteroatoms. The van der Waals surface area contributed by atoms with Gasteiger partial charge in [-0.2, -0.15) is 4.98 Å². The van der Waals surface area contributed by atoms with Crippen molar-refractivity contribution in [3.8, 4) is 0 Å². The van der Waals surface area contributed by atoms with Gasteiger partial charge < -0.3 is 9.26 Å². The number of rotatable bonds is 5. The van der Waals surface area contributed by atoms with Crippen LogP contribution in [0.2, 0.25) is 0 Å². The summed E-state index contributed by atoms with van der Waals surface area (Å²) in [5.41, 5.74) is 0. The average molecular weight is 194 g/mol. The van der Waals surface area contributed by atoms with Gasteiger partial charge in [0.25, 0.3) is 0 Å². The molecule has 1 aliphatic carbocycles. The van der Waals surface area contributed by atoms with E-state index < -0.39 is 0 Å². The molecule has 1 unspecified atom stereocenters. The maximum absolute atomic E-state index is 5.59. The maximum Gasteiger partial charge on any atom is 0.250 e. The summed E-state index contributed by atoms with van der Waals surface area (Å²) in [6.07, 6.45) is 3.95. The molecule has 76 valence electrons. The lowest BCUT2D eigenvalue weighted by Crippen LogP contribution is -2.08. The van der Waals surface area contributed by atoms with E-state index in [1.165, 1.54) is 12.8 Å². The smallest absolute Gasteiger partial charge is 0.250 e. The van der Waals surface area contributed by atoms with Crippen LogP contribution >= 0.6 is 0 Å². The lowest BCUT2D eigenvalue weighted by molar-refractivity contribution is 0.0384. The normalized spacial score (nSPS) is 18.1. The van der Waals surface area contributed by atoms with Crippen molar-refractivity contribution in [2.75, 3.05) is 6.61 Å². The van der Waals surface area contributed by atoms with Crippen LogP contribution < -0.4 is 0 Å². The number of hydrogen-bond donors (Lipinski definition) is 0. The quantitative estimate of drug-likeness (QED) is 0.721. The van der Waals surface area contributed by atoms with Crippen LogP contribution in [-0.4, -0.2) is 16.7 Å². The highest BCUT2D eigenvalue weighted by atomic mass is 16.5. The topological polar surface area (TPSA) is 48.2 Å². The Kier molecular flexibility index (Phi) is 2.63. The Morgan fingerprint density at radius 2 is 2.50 bits per heavy atom. The van der Waals surface area contributed by atoms with E-state index in [4.69, 9.17) is 9.26 Å². The summed E-state index contributed by atoms with van der Waals surface area (Å²) >= 11 is 0. The van der Waals surface area contributed by atoms with Crippen molar-refractivity contribution in [3.63, 3.8) is 0 Å². The minimum atomic E-state index is 0.0115. The van der Waals surface area contributed by atoms with Crippen molar-refractivity contribution in [1.29, 1.82) is 0 Å². The molecule has 0 N–H and O–H groups in total. The lowest BCUT2D eigenvalue weighted by atomic mass is 10.2. The Bertz CT molecular complexity index is 318. The third-order valence-electron chi connectivity index (χ3n) is 2.28. The van der Waals surface area contributed by atoms with Gasteiger partial charge in [0.15, 0.2) is 0 Å². The van der Waals surface area contributed by atoms with Crippen LogP contribution in [0, 0.1) is 5.92 Å². The lowest BCUT2D eigenvalue weighted by Gasteiger charge is -2.10. The van der Waals surface area contributed by atoms with Gasteiger partial charge in [-0.15, -0.1) is 0 Å². The summed E-state index contributed by atoms with van der Waals surface area (Å²) in [6.45, 7) is 6.23. The van der Waals surface area contributed by atoms with E-state index in [1.54, 1.807) is 6.08 Å². The van der Waals surface area contributed by atoms with Crippen LogP contribution in [-0.2, 0) is 4.74 Å². The molecule has 0 amide bonds. The maximum atomic E-state index is 5.59. The van der Waals surface area contributed by atoms with Crippen molar-refractivity contribution in [1.82, 2.24) is 10.1 Å². The second kappa shape index (κ2) is 3.92. The van der Waals surface area contributed by atoms with E-state index in [0.29, 0.717) is 24.2 Å². The summed E-state index contributed by atoms with van der Waals surface area (Å²) < 4.78 is 10.6. The van der Waals surface area contributed by atoms with E-state index in [9.17, 15) is 0 Å². The molecule has 1 heterocycles. The van der Waals surface area contributed by atoms with Crippen molar-refractivity contribution >= 4 is 6.08 Å². The van der Waals surface area contributed by atoms with E-state index in [0.717, 1.165) is 0 Å². The SMILES string of the molecule is C=Cc1nc(C(OCC)C2CC2)no1. The monoisotopic (exact) mass is 194 g/mol. The average Bonchev–Trinajstić information content (AvgIpc) is 2.92. The highest BCUT2D eigenvalue weighted by Crippen LogP contribution is 2.42. The third kappa shape index (κ3) is 1.85. The molecule has 1 saturated carbocycles. The fourth-order valence-electron chi connectivity index (χ4n) is 1.45. The Morgan fingerprint density at radius 1 is 1.71 bits per heavy atom. The molecule has 1 aliphatic rings. The zero-order chi connectivity index (χ0) is 9.97. The Morgan fingerprint density at radius 3 is 3.00 bits per heavy atom. The molecule has 4 nitrogen and oxygen atoms in total. The van der Waals surface area contributed by atoms with Crippen molar-refractivity contribution < 1.29 is 9.26 Å². The zero-order valence-corrected chi connectivity index (χ0v) is 8.27. The zero-order valence-electron chi connectivity index (χ0n) is 8.27. The molecule has 0 aliphatic heterocycles. The Hall–Kier alpha value is -1.16. The minimum absolute atomic E-state index is 0.0115. The summed E-state index contributed by atoms with van der Waals surface area (Å²) in [7, 11) is 0. The van der Waals surface area contributed by atoms with E-state index in [-0.39, 0.29) is 6.10 Å². The molecule has 1 atom stereocenters. The summed E-state index contributed by atoms with van der Waals surface area (Å²) in [5.74, 6) is 1.69. The molecule has 0 aromatic carbocycles. The molecule has 0 radical (unpaired) electrons. The molecular weight excluding hydrogens is 180 g/mol. The fourth-order valence-corrected chi connectivity index (χ4v) is 1.45. The van der Waals surface area contributed by atoms with Gasteiger partial charge in [0, 0.05) is 6.61 Å². The van der Waals surface area contributed by atoms with E-state index >= 15 is 0 Å². The highest BCUT2D eigenvalue weighted by molar-refractivity contribution is 5.32. The minimum Gasteiger partial charge on any atom is -0.370 e. The molecule has 0 spiro atoms. The van der Waals surface area contributed by atoms with Gasteiger partial charge in [-0.05, 0) is 31.8 Å². The first-order valence-corrected chi connectivity index (χ1v) is 4.92. The van der Waals surface area contributed by atoms with Gasteiger partial charge in [0.1, 0.15) is 6.10 Å². The van der Waals surface area contributed by atoms with Gasteiger partial charge in [-0.3, -0.25) is 0 Å². The number of hydrogen-bond acceptors (Lipinski definition) is 4. The third-order valence-corrected chi connectivity index (χ3v) is 2.28. The standard InChI is InChI=1S/C10H14N2O2/c1-3-8-11-10(12-14-8)9(13-4-2)7-5-6-7/h3,7,9H,1,4-6H2,2H3. The van der Waals surface area contributed by atoms with Gasteiger partial charge >= 0.3 is 0 Å². The predicted octanol–water partition coefficient (Wildman–Crippen LogP) is 2.20. The van der Waals surface area contributed by atoms with E-state index in [1.807, 2.05) is 6.92 Å².